The van der Waals surface area contributed by atoms with Gasteiger partial charge in [-0.25, -0.2) is 0 Å². The zero-order chi connectivity index (χ0) is 19.9. The summed E-state index contributed by atoms with van der Waals surface area (Å²) in [5, 5.41) is 6.08. The second-order valence-electron chi connectivity index (χ2n) is 6.67. The third-order valence-electron chi connectivity index (χ3n) is 4.63. The molecule has 5 nitrogen and oxygen atoms in total. The summed E-state index contributed by atoms with van der Waals surface area (Å²) in [5.74, 6) is -0.320. The monoisotopic (exact) mass is 415 g/mol. The SMILES string of the molecule is O=C(NC(=S)Nc1ccc(C(=O)N2CCCCCC2)cc1)c1ccccc1Cl. The van der Waals surface area contributed by atoms with E-state index in [2.05, 4.69) is 10.6 Å². The van der Waals surface area contributed by atoms with Crippen molar-refractivity contribution in [1.29, 1.82) is 0 Å². The standard InChI is InChI=1S/C21H22ClN3O2S/c22-18-8-4-3-7-17(18)19(26)24-21(28)23-16-11-9-15(10-12-16)20(27)25-13-5-1-2-6-14-25/h3-4,7-12H,1-2,5-6,13-14H2,(H2,23,24,26,28). The van der Waals surface area contributed by atoms with Crippen LogP contribution in [-0.4, -0.2) is 34.9 Å². The molecule has 0 atom stereocenters. The Hall–Kier alpha value is -2.44. The first-order valence-electron chi connectivity index (χ1n) is 9.31. The van der Waals surface area contributed by atoms with E-state index >= 15 is 0 Å². The summed E-state index contributed by atoms with van der Waals surface area (Å²) in [6.07, 6.45) is 4.49. The number of hydrogen-bond acceptors (Lipinski definition) is 3. The van der Waals surface area contributed by atoms with Crippen molar-refractivity contribution in [2.45, 2.75) is 25.7 Å². The number of nitrogens with zero attached hydrogens (tertiary/aromatic N) is 1. The van der Waals surface area contributed by atoms with Gasteiger partial charge in [-0.15, -0.1) is 0 Å². The van der Waals surface area contributed by atoms with Crippen LogP contribution >= 0.6 is 23.8 Å². The van der Waals surface area contributed by atoms with Gasteiger partial charge in [0.1, 0.15) is 0 Å². The van der Waals surface area contributed by atoms with Gasteiger partial charge in [-0.05, 0) is 61.5 Å². The van der Waals surface area contributed by atoms with Gasteiger partial charge < -0.3 is 10.2 Å². The van der Waals surface area contributed by atoms with Gasteiger partial charge in [0, 0.05) is 24.3 Å². The first-order chi connectivity index (χ1) is 13.5. The summed E-state index contributed by atoms with van der Waals surface area (Å²) < 4.78 is 0. The number of carbonyl (C=O) groups excluding carboxylic acids is 2. The predicted octanol–water partition coefficient (Wildman–Crippen LogP) is 4.48. The predicted molar refractivity (Wildman–Crippen MR) is 116 cm³/mol. The maximum atomic E-state index is 12.6. The molecule has 1 aliphatic heterocycles. The fraction of sp³-hybridized carbons (Fsp3) is 0.286. The number of rotatable bonds is 3. The molecule has 1 heterocycles. The topological polar surface area (TPSA) is 61.4 Å². The van der Waals surface area contributed by atoms with Crippen LogP contribution in [-0.2, 0) is 0 Å². The van der Waals surface area contributed by atoms with Gasteiger partial charge >= 0.3 is 0 Å². The van der Waals surface area contributed by atoms with Crippen molar-refractivity contribution < 1.29 is 9.59 Å². The van der Waals surface area contributed by atoms with Crippen molar-refractivity contribution in [3.63, 3.8) is 0 Å². The Morgan fingerprint density at radius 1 is 0.929 bits per heavy atom. The zero-order valence-corrected chi connectivity index (χ0v) is 17.0. The van der Waals surface area contributed by atoms with Crippen LogP contribution < -0.4 is 10.6 Å². The zero-order valence-electron chi connectivity index (χ0n) is 15.4. The molecule has 0 saturated carbocycles. The normalized spacial score (nSPS) is 14.1. The van der Waals surface area contributed by atoms with E-state index in [-0.39, 0.29) is 16.9 Å². The highest BCUT2D eigenvalue weighted by Gasteiger charge is 2.17. The minimum absolute atomic E-state index is 0.0584. The van der Waals surface area contributed by atoms with E-state index in [0.29, 0.717) is 21.8 Å². The lowest BCUT2D eigenvalue weighted by atomic mass is 10.1. The maximum absolute atomic E-state index is 12.6. The van der Waals surface area contributed by atoms with Crippen LogP contribution in [0.4, 0.5) is 5.69 Å². The molecule has 7 heteroatoms. The number of benzene rings is 2. The fourth-order valence-electron chi connectivity index (χ4n) is 3.13. The Bertz CT molecular complexity index is 862. The van der Waals surface area contributed by atoms with Crippen molar-refractivity contribution in [3.8, 4) is 0 Å². The largest absolute Gasteiger partial charge is 0.339 e. The van der Waals surface area contributed by atoms with Crippen molar-refractivity contribution in [3.05, 3.63) is 64.7 Å². The van der Waals surface area contributed by atoms with E-state index < -0.39 is 0 Å². The molecule has 2 aromatic carbocycles. The minimum atomic E-state index is -0.379. The van der Waals surface area contributed by atoms with Crippen molar-refractivity contribution in [2.75, 3.05) is 18.4 Å². The Morgan fingerprint density at radius 3 is 2.21 bits per heavy atom. The van der Waals surface area contributed by atoms with E-state index in [4.69, 9.17) is 23.8 Å². The van der Waals surface area contributed by atoms with Gasteiger partial charge in [0.2, 0.25) is 0 Å². The van der Waals surface area contributed by atoms with E-state index in [1.807, 2.05) is 4.90 Å². The Morgan fingerprint density at radius 2 is 1.57 bits per heavy atom. The van der Waals surface area contributed by atoms with Crippen LogP contribution in [0.25, 0.3) is 0 Å². The van der Waals surface area contributed by atoms with Gasteiger partial charge in [-0.2, -0.15) is 0 Å². The van der Waals surface area contributed by atoms with Gasteiger partial charge in [0.05, 0.1) is 10.6 Å². The summed E-state index contributed by atoms with van der Waals surface area (Å²) in [7, 11) is 0. The molecule has 0 spiro atoms. The second-order valence-corrected chi connectivity index (χ2v) is 7.49. The van der Waals surface area contributed by atoms with Crippen molar-refractivity contribution in [2.24, 2.45) is 0 Å². The number of anilines is 1. The number of amides is 2. The molecule has 0 aromatic heterocycles. The van der Waals surface area contributed by atoms with Crippen LogP contribution in [0.2, 0.25) is 5.02 Å². The molecular formula is C21H22ClN3O2S. The van der Waals surface area contributed by atoms with Gasteiger partial charge in [0.15, 0.2) is 5.11 Å². The van der Waals surface area contributed by atoms with Crippen molar-refractivity contribution >= 4 is 46.4 Å². The van der Waals surface area contributed by atoms with E-state index in [0.717, 1.165) is 25.9 Å². The molecule has 0 radical (unpaired) electrons. The lowest BCUT2D eigenvalue weighted by Gasteiger charge is -2.20. The summed E-state index contributed by atoms with van der Waals surface area (Å²) >= 11 is 11.2. The highest BCUT2D eigenvalue weighted by Crippen LogP contribution is 2.17. The molecule has 2 N–H and O–H groups in total. The fourth-order valence-corrected chi connectivity index (χ4v) is 3.56. The second kappa shape index (κ2) is 9.66. The van der Waals surface area contributed by atoms with Gasteiger partial charge in [-0.1, -0.05) is 36.6 Å². The summed E-state index contributed by atoms with van der Waals surface area (Å²) in [5.41, 5.74) is 1.70. The summed E-state index contributed by atoms with van der Waals surface area (Å²) in [6, 6.07) is 13.9. The molecule has 2 amide bonds. The molecule has 146 valence electrons. The van der Waals surface area contributed by atoms with E-state index in [1.54, 1.807) is 48.5 Å². The number of halogens is 1. The molecule has 1 aliphatic rings. The first-order valence-corrected chi connectivity index (χ1v) is 10.1. The lowest BCUT2D eigenvalue weighted by Crippen LogP contribution is -2.34. The van der Waals surface area contributed by atoms with Gasteiger partial charge in [-0.3, -0.25) is 14.9 Å². The maximum Gasteiger partial charge on any atom is 0.258 e. The molecule has 0 unspecified atom stereocenters. The van der Waals surface area contributed by atoms with E-state index in [1.165, 1.54) is 12.8 Å². The summed E-state index contributed by atoms with van der Waals surface area (Å²) in [4.78, 5) is 26.8. The molecule has 3 rings (SSSR count). The number of thiocarbonyl (C=S) groups is 1. The molecular weight excluding hydrogens is 394 g/mol. The Labute approximate surface area is 175 Å². The average Bonchev–Trinajstić information content (AvgIpc) is 2.97. The van der Waals surface area contributed by atoms with E-state index in [9.17, 15) is 9.59 Å². The van der Waals surface area contributed by atoms with Crippen LogP contribution in [0.1, 0.15) is 46.4 Å². The molecule has 1 saturated heterocycles. The molecule has 1 fully saturated rings. The number of nitrogens with one attached hydrogen (secondary N) is 2. The quantitative estimate of drug-likeness (QED) is 0.725. The van der Waals surface area contributed by atoms with Crippen LogP contribution in [0.5, 0.6) is 0 Å². The molecule has 0 bridgehead atoms. The average molecular weight is 416 g/mol. The first kappa shape index (κ1) is 20.3. The smallest absolute Gasteiger partial charge is 0.258 e. The number of hydrogen-bond donors (Lipinski definition) is 2. The molecule has 28 heavy (non-hydrogen) atoms. The van der Waals surface area contributed by atoms with Gasteiger partial charge in [0.25, 0.3) is 11.8 Å². The lowest BCUT2D eigenvalue weighted by molar-refractivity contribution is 0.0761. The van der Waals surface area contributed by atoms with Crippen LogP contribution in [0.15, 0.2) is 48.5 Å². The van der Waals surface area contributed by atoms with Crippen LogP contribution in [0, 0.1) is 0 Å². The minimum Gasteiger partial charge on any atom is -0.339 e. The molecule has 0 aliphatic carbocycles. The summed E-state index contributed by atoms with van der Waals surface area (Å²) in [6.45, 7) is 1.63. The van der Waals surface area contributed by atoms with Crippen LogP contribution in [0.3, 0.4) is 0 Å². The Kier molecular flexibility index (Phi) is 7.01. The third-order valence-corrected chi connectivity index (χ3v) is 5.16. The highest BCUT2D eigenvalue weighted by atomic mass is 35.5. The molecule has 2 aromatic rings. The number of likely N-dealkylation sites (tertiary alicyclic amines) is 1. The Balaban J connectivity index is 1.57. The third kappa shape index (κ3) is 5.30. The van der Waals surface area contributed by atoms with Crippen molar-refractivity contribution in [1.82, 2.24) is 10.2 Å². The number of carbonyl (C=O) groups is 2. The highest BCUT2D eigenvalue weighted by molar-refractivity contribution is 7.80.